The molecule has 0 radical (unpaired) electrons. The van der Waals surface area contributed by atoms with Crippen LogP contribution in [0, 0.1) is 0 Å². The van der Waals surface area contributed by atoms with Gasteiger partial charge in [0.2, 0.25) is 11.8 Å². The largest absolute Gasteiger partial charge is 0.353 e. The van der Waals surface area contributed by atoms with Gasteiger partial charge >= 0.3 is 0 Å². The second-order valence-electron chi connectivity index (χ2n) is 6.87. The Morgan fingerprint density at radius 2 is 2.00 bits per heavy atom. The number of carbonyl (C=O) groups excluding carboxylic acids is 2. The van der Waals surface area contributed by atoms with Crippen molar-refractivity contribution in [1.82, 2.24) is 24.8 Å². The summed E-state index contributed by atoms with van der Waals surface area (Å²) in [6, 6.07) is 7.34. The molecular weight excluding hydrogens is 322 g/mol. The molecule has 8 heteroatoms. The molecule has 1 aromatic heterocycles. The number of nitrogens with zero attached hydrogens (tertiary/aromatic N) is 5. The van der Waals surface area contributed by atoms with Crippen molar-refractivity contribution in [1.29, 1.82) is 0 Å². The van der Waals surface area contributed by atoms with Crippen molar-refractivity contribution in [3.63, 3.8) is 0 Å². The quantitative estimate of drug-likeness (QED) is 0.789. The van der Waals surface area contributed by atoms with Gasteiger partial charge in [0, 0.05) is 19.5 Å². The van der Waals surface area contributed by atoms with Crippen LogP contribution in [0.1, 0.15) is 19.3 Å². The average molecular weight is 341 g/mol. The third-order valence-electron chi connectivity index (χ3n) is 5.54. The first-order valence-electron chi connectivity index (χ1n) is 8.71. The Bertz CT molecular complexity index is 832. The van der Waals surface area contributed by atoms with Crippen LogP contribution in [0.15, 0.2) is 24.3 Å². The molecule has 0 bridgehead atoms. The molecule has 5 rings (SSSR count). The van der Waals surface area contributed by atoms with Crippen LogP contribution < -0.4 is 0 Å². The molecular formula is C17H19N5O3. The van der Waals surface area contributed by atoms with Crippen LogP contribution in [0.25, 0.3) is 11.0 Å². The van der Waals surface area contributed by atoms with Crippen LogP contribution in [0.5, 0.6) is 0 Å². The van der Waals surface area contributed by atoms with Gasteiger partial charge < -0.3 is 14.5 Å². The fraction of sp³-hybridized carbons (Fsp3) is 0.529. The monoisotopic (exact) mass is 341 g/mol. The Labute approximate surface area is 144 Å². The molecule has 0 saturated carbocycles. The number of fused-ring (bicyclic) bond motifs is 1. The first-order valence-corrected chi connectivity index (χ1v) is 8.71. The normalized spacial score (nSPS) is 28.5. The Hall–Kier alpha value is -2.48. The minimum atomic E-state index is -0.604. The van der Waals surface area contributed by atoms with Crippen molar-refractivity contribution in [2.24, 2.45) is 0 Å². The van der Waals surface area contributed by atoms with Crippen molar-refractivity contribution in [3.05, 3.63) is 24.3 Å². The molecule has 130 valence electrons. The summed E-state index contributed by atoms with van der Waals surface area (Å²) < 4.78 is 6.04. The zero-order valence-corrected chi connectivity index (χ0v) is 13.8. The van der Waals surface area contributed by atoms with E-state index >= 15 is 0 Å². The molecule has 25 heavy (non-hydrogen) atoms. The van der Waals surface area contributed by atoms with Gasteiger partial charge in [-0.1, -0.05) is 12.1 Å². The zero-order valence-electron chi connectivity index (χ0n) is 13.8. The van der Waals surface area contributed by atoms with E-state index in [1.165, 1.54) is 4.80 Å². The van der Waals surface area contributed by atoms with Crippen molar-refractivity contribution >= 4 is 22.8 Å². The average Bonchev–Trinajstić information content (AvgIpc) is 3.24. The predicted molar refractivity (Wildman–Crippen MR) is 87.3 cm³/mol. The second-order valence-corrected chi connectivity index (χ2v) is 6.87. The van der Waals surface area contributed by atoms with Gasteiger partial charge in [0.15, 0.2) is 5.72 Å². The number of rotatable bonds is 2. The van der Waals surface area contributed by atoms with E-state index in [0.717, 1.165) is 24.0 Å². The van der Waals surface area contributed by atoms with Crippen LogP contribution in [-0.4, -0.2) is 68.1 Å². The Balaban J connectivity index is 1.38. The van der Waals surface area contributed by atoms with E-state index < -0.39 is 5.72 Å². The molecule has 8 nitrogen and oxygen atoms in total. The topological polar surface area (TPSA) is 80.6 Å². The summed E-state index contributed by atoms with van der Waals surface area (Å²) in [5.74, 6) is 0.0242. The Morgan fingerprint density at radius 1 is 1.24 bits per heavy atom. The highest BCUT2D eigenvalue weighted by atomic mass is 16.5. The molecule has 3 fully saturated rings. The van der Waals surface area contributed by atoms with Crippen LogP contribution in [0.2, 0.25) is 0 Å². The number of carbonyl (C=O) groups is 2. The smallest absolute Gasteiger partial charge is 0.246 e. The molecule has 2 amide bonds. The van der Waals surface area contributed by atoms with Gasteiger partial charge in [-0.3, -0.25) is 9.59 Å². The van der Waals surface area contributed by atoms with E-state index in [1.807, 2.05) is 29.2 Å². The van der Waals surface area contributed by atoms with Crippen molar-refractivity contribution in [3.8, 4) is 0 Å². The lowest BCUT2D eigenvalue weighted by Gasteiger charge is -2.42. The minimum Gasteiger partial charge on any atom is -0.353 e. The Kier molecular flexibility index (Phi) is 3.12. The van der Waals surface area contributed by atoms with E-state index in [0.29, 0.717) is 26.0 Å². The number of hydrogen-bond donors (Lipinski definition) is 0. The fourth-order valence-electron chi connectivity index (χ4n) is 4.43. The highest BCUT2D eigenvalue weighted by Crippen LogP contribution is 2.44. The lowest BCUT2D eigenvalue weighted by atomic mass is 10.0. The van der Waals surface area contributed by atoms with Crippen LogP contribution in [0.3, 0.4) is 0 Å². The summed E-state index contributed by atoms with van der Waals surface area (Å²) in [7, 11) is 0. The van der Waals surface area contributed by atoms with Gasteiger partial charge in [-0.15, -0.1) is 0 Å². The number of hydrogen-bond acceptors (Lipinski definition) is 5. The van der Waals surface area contributed by atoms with E-state index in [4.69, 9.17) is 4.74 Å². The molecule has 1 aromatic carbocycles. The number of benzene rings is 1. The molecule has 0 aliphatic carbocycles. The van der Waals surface area contributed by atoms with Gasteiger partial charge in [-0.25, -0.2) is 0 Å². The molecule has 3 aliphatic rings. The predicted octanol–water partition coefficient (Wildman–Crippen LogP) is 0.381. The molecule has 4 heterocycles. The summed E-state index contributed by atoms with van der Waals surface area (Å²) in [6.45, 7) is 2.06. The molecule has 0 unspecified atom stereocenters. The summed E-state index contributed by atoms with van der Waals surface area (Å²) in [5, 5.41) is 8.71. The lowest BCUT2D eigenvalue weighted by Crippen LogP contribution is -2.56. The van der Waals surface area contributed by atoms with E-state index in [9.17, 15) is 9.59 Å². The second kappa shape index (κ2) is 5.26. The number of ether oxygens (including phenoxy) is 1. The molecule has 3 saturated heterocycles. The van der Waals surface area contributed by atoms with Crippen molar-refractivity contribution < 1.29 is 14.3 Å². The third kappa shape index (κ3) is 2.10. The van der Waals surface area contributed by atoms with E-state index in [1.54, 1.807) is 4.90 Å². The van der Waals surface area contributed by atoms with Gasteiger partial charge in [0.25, 0.3) is 0 Å². The minimum absolute atomic E-state index is 0.0639. The first kappa shape index (κ1) is 14.8. The fourth-order valence-corrected chi connectivity index (χ4v) is 4.43. The van der Waals surface area contributed by atoms with Crippen molar-refractivity contribution in [2.45, 2.75) is 37.6 Å². The Morgan fingerprint density at radius 3 is 2.76 bits per heavy atom. The van der Waals surface area contributed by atoms with Gasteiger partial charge in [0.05, 0.1) is 19.1 Å². The van der Waals surface area contributed by atoms with Gasteiger partial charge in [-0.05, 0) is 18.6 Å². The molecule has 3 aliphatic heterocycles. The zero-order chi connectivity index (χ0) is 17.0. The third-order valence-corrected chi connectivity index (χ3v) is 5.54. The molecule has 2 aromatic rings. The summed E-state index contributed by atoms with van der Waals surface area (Å²) >= 11 is 0. The summed E-state index contributed by atoms with van der Waals surface area (Å²) in [6.07, 6.45) is 1.89. The standard InChI is InChI=1S/C17H19N5O3/c23-15-10-14-17(21(15)7-3-9-25-17)6-8-20(14)16(24)11-22-18-12-4-1-2-5-13(12)19-22/h1-2,4-5,14H,3,6-11H2/t14-,17+/m1/s1. The SMILES string of the molecule is O=C(Cn1nc2ccccc2n1)N1CC[C@@]23OCCCN2C(=O)C[C@@H]13. The lowest BCUT2D eigenvalue weighted by molar-refractivity contribution is -0.181. The van der Waals surface area contributed by atoms with Crippen LogP contribution in [0.4, 0.5) is 0 Å². The van der Waals surface area contributed by atoms with Gasteiger partial charge in [-0.2, -0.15) is 15.0 Å². The van der Waals surface area contributed by atoms with Crippen LogP contribution >= 0.6 is 0 Å². The first-order chi connectivity index (χ1) is 12.2. The molecule has 0 N–H and O–H groups in total. The van der Waals surface area contributed by atoms with Crippen LogP contribution in [-0.2, 0) is 20.9 Å². The summed E-state index contributed by atoms with van der Waals surface area (Å²) in [4.78, 5) is 30.3. The highest BCUT2D eigenvalue weighted by Gasteiger charge is 2.61. The van der Waals surface area contributed by atoms with Crippen molar-refractivity contribution in [2.75, 3.05) is 19.7 Å². The molecule has 2 atom stereocenters. The molecule has 1 spiro atoms. The maximum atomic E-state index is 12.9. The maximum absolute atomic E-state index is 12.9. The van der Waals surface area contributed by atoms with E-state index in [2.05, 4.69) is 10.2 Å². The van der Waals surface area contributed by atoms with E-state index in [-0.39, 0.29) is 24.4 Å². The van der Waals surface area contributed by atoms with Gasteiger partial charge in [0.1, 0.15) is 17.6 Å². The number of amides is 2. The summed E-state index contributed by atoms with van der Waals surface area (Å²) in [5.41, 5.74) is 0.935. The maximum Gasteiger partial charge on any atom is 0.246 e. The number of likely N-dealkylation sites (tertiary alicyclic amines) is 1. The highest BCUT2D eigenvalue weighted by molar-refractivity contribution is 5.84. The number of aromatic nitrogens is 3.